The molecule has 5 rings (SSSR count). The minimum atomic E-state index is -0.279. The third-order valence-electron chi connectivity index (χ3n) is 7.27. The molecule has 0 atom stereocenters. The van der Waals surface area contributed by atoms with Gasteiger partial charge in [-0.05, 0) is 104 Å². The first kappa shape index (κ1) is 42.7. The Kier molecular flexibility index (Phi) is 19.3. The standard InChI is InChI=1S/C13H11NO.C11H15NO2.C10H13NO2.C9H11NO/c14-12-8-6-11(7-9-12)13(15)10-4-2-1-3-5-10;1-2-3-8-14-11(13)9-4-6-10(12)7-5-9;1-2-13-10(12)7-8-3-5-9(11)6-4-8;1-2-9(11)7-3-5-8(10)6-4-7/h1-9H,14H2;4-7H,2-3,8,12H2,1H3;3-6H,2,7,11H2,1H3;3-6H,2,10H2,1H3. The van der Waals surface area contributed by atoms with Crippen molar-refractivity contribution in [2.45, 2.75) is 46.5 Å². The van der Waals surface area contributed by atoms with Gasteiger partial charge in [0.1, 0.15) is 0 Å². The second kappa shape index (κ2) is 23.9. The van der Waals surface area contributed by atoms with Crippen molar-refractivity contribution in [3.8, 4) is 0 Å². The summed E-state index contributed by atoms with van der Waals surface area (Å²) in [5, 5.41) is 0. The quantitative estimate of drug-likeness (QED) is 0.0451. The zero-order valence-corrected chi connectivity index (χ0v) is 30.6. The fraction of sp³-hybridized carbons (Fsp3) is 0.209. The van der Waals surface area contributed by atoms with E-state index in [1.54, 1.807) is 104 Å². The molecule has 0 unspecified atom stereocenters. The maximum absolute atomic E-state index is 11.9. The van der Waals surface area contributed by atoms with Crippen molar-refractivity contribution in [2.75, 3.05) is 36.1 Å². The van der Waals surface area contributed by atoms with E-state index in [0.717, 1.165) is 24.0 Å². The molecule has 10 heteroatoms. The zero-order chi connectivity index (χ0) is 39.0. The summed E-state index contributed by atoms with van der Waals surface area (Å²) in [7, 11) is 0. The van der Waals surface area contributed by atoms with Gasteiger partial charge in [0.05, 0.1) is 25.2 Å². The van der Waals surface area contributed by atoms with Crippen molar-refractivity contribution in [1.82, 2.24) is 0 Å². The van der Waals surface area contributed by atoms with Gasteiger partial charge in [-0.1, -0.05) is 62.7 Å². The van der Waals surface area contributed by atoms with Gasteiger partial charge in [-0.25, -0.2) is 4.79 Å². The summed E-state index contributed by atoms with van der Waals surface area (Å²) in [5.41, 5.74) is 28.3. The summed E-state index contributed by atoms with van der Waals surface area (Å²) in [6.45, 7) is 6.60. The second-order valence-corrected chi connectivity index (χ2v) is 11.6. The highest BCUT2D eigenvalue weighted by atomic mass is 16.5. The predicted molar refractivity (Wildman–Crippen MR) is 213 cm³/mol. The van der Waals surface area contributed by atoms with E-state index < -0.39 is 0 Å². The molecular formula is C43H50N4O6. The highest BCUT2D eigenvalue weighted by Gasteiger charge is 2.08. The highest BCUT2D eigenvalue weighted by Crippen LogP contribution is 2.12. The Labute approximate surface area is 312 Å². The zero-order valence-electron chi connectivity index (χ0n) is 30.6. The molecule has 0 heterocycles. The number of Topliss-reactive ketones (excluding diaryl/α,β-unsaturated/α-hetero) is 1. The summed E-state index contributed by atoms with van der Waals surface area (Å²) in [6.07, 6.45) is 2.79. The van der Waals surface area contributed by atoms with E-state index in [-0.39, 0.29) is 23.5 Å². The average molecular weight is 719 g/mol. The molecule has 5 aromatic rings. The van der Waals surface area contributed by atoms with Crippen LogP contribution >= 0.6 is 0 Å². The van der Waals surface area contributed by atoms with Gasteiger partial charge >= 0.3 is 11.9 Å². The van der Waals surface area contributed by atoms with Crippen LogP contribution in [0.1, 0.15) is 82.2 Å². The van der Waals surface area contributed by atoms with Crippen molar-refractivity contribution >= 4 is 46.3 Å². The van der Waals surface area contributed by atoms with Crippen molar-refractivity contribution < 1.29 is 28.7 Å². The molecule has 0 aliphatic carbocycles. The summed E-state index contributed by atoms with van der Waals surface area (Å²) < 4.78 is 9.83. The molecule has 0 aromatic heterocycles. The molecule has 0 bridgehead atoms. The summed E-state index contributed by atoms with van der Waals surface area (Å²) in [6, 6.07) is 37.0. The van der Waals surface area contributed by atoms with Crippen LogP contribution in [-0.4, -0.2) is 36.7 Å². The van der Waals surface area contributed by atoms with E-state index in [0.29, 0.717) is 65.5 Å². The topological polar surface area (TPSA) is 191 Å². The van der Waals surface area contributed by atoms with Crippen LogP contribution in [0.3, 0.4) is 0 Å². The number of ketones is 2. The lowest BCUT2D eigenvalue weighted by molar-refractivity contribution is -0.142. The van der Waals surface area contributed by atoms with Crippen LogP contribution < -0.4 is 22.9 Å². The molecule has 0 aliphatic rings. The first-order valence-electron chi connectivity index (χ1n) is 17.3. The first-order valence-corrected chi connectivity index (χ1v) is 17.3. The summed E-state index contributed by atoms with van der Waals surface area (Å²) in [4.78, 5) is 45.4. The fourth-order valence-electron chi connectivity index (χ4n) is 4.29. The van der Waals surface area contributed by atoms with E-state index >= 15 is 0 Å². The van der Waals surface area contributed by atoms with Gasteiger partial charge in [0, 0.05) is 45.9 Å². The molecule has 53 heavy (non-hydrogen) atoms. The average Bonchev–Trinajstić information content (AvgIpc) is 3.17. The number of carbonyl (C=O) groups excluding carboxylic acids is 4. The molecule has 10 nitrogen and oxygen atoms in total. The van der Waals surface area contributed by atoms with Crippen LogP contribution in [-0.2, 0) is 20.7 Å². The van der Waals surface area contributed by atoms with Crippen molar-refractivity contribution in [3.05, 3.63) is 155 Å². The van der Waals surface area contributed by atoms with Gasteiger partial charge < -0.3 is 32.4 Å². The van der Waals surface area contributed by atoms with Crippen LogP contribution in [0.15, 0.2) is 127 Å². The molecule has 0 saturated carbocycles. The molecule has 0 spiro atoms. The minimum absolute atomic E-state index is 0.0237. The number of nitrogens with two attached hydrogens (primary N) is 4. The van der Waals surface area contributed by atoms with Gasteiger partial charge in [-0.3, -0.25) is 14.4 Å². The molecule has 0 aliphatic heterocycles. The van der Waals surface area contributed by atoms with Crippen molar-refractivity contribution in [3.63, 3.8) is 0 Å². The van der Waals surface area contributed by atoms with E-state index in [4.69, 9.17) is 32.4 Å². The lowest BCUT2D eigenvalue weighted by Gasteiger charge is -2.03. The number of nitrogen functional groups attached to an aromatic ring is 4. The van der Waals surface area contributed by atoms with Crippen LogP contribution in [0.4, 0.5) is 22.7 Å². The van der Waals surface area contributed by atoms with E-state index in [1.807, 2.05) is 37.3 Å². The fourth-order valence-corrected chi connectivity index (χ4v) is 4.29. The predicted octanol–water partition coefficient (Wildman–Crippen LogP) is 7.96. The molecule has 278 valence electrons. The Morgan fingerprint density at radius 2 is 0.943 bits per heavy atom. The Hall–Kier alpha value is -6.42. The second-order valence-electron chi connectivity index (χ2n) is 11.6. The van der Waals surface area contributed by atoms with Gasteiger partial charge in [0.25, 0.3) is 0 Å². The van der Waals surface area contributed by atoms with E-state index in [9.17, 15) is 19.2 Å². The number of hydrogen-bond donors (Lipinski definition) is 4. The largest absolute Gasteiger partial charge is 0.466 e. The highest BCUT2D eigenvalue weighted by molar-refractivity contribution is 6.09. The number of carbonyl (C=O) groups is 4. The molecule has 8 N–H and O–H groups in total. The number of hydrogen-bond acceptors (Lipinski definition) is 10. The lowest BCUT2D eigenvalue weighted by Crippen LogP contribution is -2.07. The van der Waals surface area contributed by atoms with E-state index in [1.165, 1.54) is 0 Å². The molecule has 0 fully saturated rings. The molecule has 0 amide bonds. The third-order valence-corrected chi connectivity index (χ3v) is 7.27. The smallest absolute Gasteiger partial charge is 0.338 e. The van der Waals surface area contributed by atoms with Crippen molar-refractivity contribution in [1.29, 1.82) is 0 Å². The third kappa shape index (κ3) is 16.9. The van der Waals surface area contributed by atoms with Crippen LogP contribution in [0, 0.1) is 0 Å². The van der Waals surface area contributed by atoms with Crippen molar-refractivity contribution in [2.24, 2.45) is 0 Å². The Bertz CT molecular complexity index is 1830. The first-order chi connectivity index (χ1) is 25.5. The Morgan fingerprint density at radius 3 is 1.40 bits per heavy atom. The van der Waals surface area contributed by atoms with Gasteiger partial charge in [0.2, 0.25) is 0 Å². The number of anilines is 4. The van der Waals surface area contributed by atoms with Gasteiger partial charge in [-0.15, -0.1) is 0 Å². The van der Waals surface area contributed by atoms with Crippen LogP contribution in [0.2, 0.25) is 0 Å². The number of benzene rings is 5. The van der Waals surface area contributed by atoms with E-state index in [2.05, 4.69) is 6.92 Å². The maximum Gasteiger partial charge on any atom is 0.338 e. The maximum atomic E-state index is 11.9. The normalized spacial score (nSPS) is 9.72. The van der Waals surface area contributed by atoms with Crippen LogP contribution in [0.25, 0.3) is 0 Å². The summed E-state index contributed by atoms with van der Waals surface area (Å²) in [5.74, 6) is -0.300. The molecule has 0 radical (unpaired) electrons. The number of esters is 2. The van der Waals surface area contributed by atoms with Crippen LogP contribution in [0.5, 0.6) is 0 Å². The SMILES string of the molecule is CCC(=O)c1ccc(N)cc1.CCCCOC(=O)c1ccc(N)cc1.CCOC(=O)Cc1ccc(N)cc1.Nc1ccc(C(=O)c2ccccc2)cc1. The number of rotatable bonds is 11. The summed E-state index contributed by atoms with van der Waals surface area (Å²) >= 11 is 0. The minimum Gasteiger partial charge on any atom is -0.466 e. The Morgan fingerprint density at radius 1 is 0.509 bits per heavy atom. The molecular weight excluding hydrogens is 668 g/mol. The lowest BCUT2D eigenvalue weighted by atomic mass is 10.0. The van der Waals surface area contributed by atoms with Gasteiger partial charge in [-0.2, -0.15) is 0 Å². The molecule has 0 saturated heterocycles. The number of ether oxygens (including phenoxy) is 2. The molecule has 5 aromatic carbocycles. The Balaban J connectivity index is 0.000000246. The number of unbranched alkanes of at least 4 members (excludes halogenated alkanes) is 1. The van der Waals surface area contributed by atoms with Gasteiger partial charge in [0.15, 0.2) is 11.6 Å². The monoisotopic (exact) mass is 718 g/mol.